The van der Waals surface area contributed by atoms with Gasteiger partial charge in [0.05, 0.1) is 19.9 Å². The van der Waals surface area contributed by atoms with Gasteiger partial charge in [-0.3, -0.25) is 19.8 Å². The summed E-state index contributed by atoms with van der Waals surface area (Å²) in [5, 5.41) is 2.40. The van der Waals surface area contributed by atoms with E-state index >= 15 is 0 Å². The minimum Gasteiger partial charge on any atom is -0.497 e. The molecule has 0 bridgehead atoms. The number of nitrogens with one attached hydrogen (secondary N) is 1. The average Bonchev–Trinajstić information content (AvgIpc) is 2.66. The predicted molar refractivity (Wildman–Crippen MR) is 102 cm³/mol. The summed E-state index contributed by atoms with van der Waals surface area (Å²) in [5.41, 5.74) is 0.691. The molecule has 1 N–H and O–H groups in total. The van der Waals surface area contributed by atoms with Crippen molar-refractivity contribution >= 4 is 40.9 Å². The summed E-state index contributed by atoms with van der Waals surface area (Å²) >= 11 is 5.11. The Kier molecular flexibility index (Phi) is 5.18. The van der Waals surface area contributed by atoms with Gasteiger partial charge in [-0.2, -0.15) is 0 Å². The highest BCUT2D eigenvalue weighted by Crippen LogP contribution is 2.28. The second kappa shape index (κ2) is 7.55. The maximum atomic E-state index is 13.2. The average molecular weight is 386 g/mol. The van der Waals surface area contributed by atoms with Crippen LogP contribution in [0.15, 0.2) is 48.0 Å². The van der Waals surface area contributed by atoms with Crippen LogP contribution in [-0.2, 0) is 9.59 Å². The zero-order valence-electron chi connectivity index (χ0n) is 14.5. The maximum absolute atomic E-state index is 13.2. The zero-order chi connectivity index (χ0) is 19.6. The largest absolute Gasteiger partial charge is 0.497 e. The van der Waals surface area contributed by atoms with Crippen LogP contribution in [0.2, 0.25) is 0 Å². The number of thiocarbonyl (C=S) groups is 1. The lowest BCUT2D eigenvalue weighted by Gasteiger charge is -2.29. The summed E-state index contributed by atoms with van der Waals surface area (Å²) < 4.78 is 23.6. The Labute approximate surface area is 160 Å². The SMILES string of the molecule is COc1ccc(OC)c(/C=C2/C(=O)NC(=S)N(c3ccc(F)cc3)C2=O)c1. The molecular formula is C19H15FN2O4S. The summed E-state index contributed by atoms with van der Waals surface area (Å²) in [6, 6.07) is 10.2. The van der Waals surface area contributed by atoms with E-state index in [1.807, 2.05) is 0 Å². The molecular weight excluding hydrogens is 371 g/mol. The number of hydrogen-bond donors (Lipinski definition) is 1. The second-order valence-corrected chi connectivity index (χ2v) is 5.93. The van der Waals surface area contributed by atoms with Gasteiger partial charge in [0, 0.05) is 5.56 Å². The first-order valence-corrected chi connectivity index (χ1v) is 8.24. The zero-order valence-corrected chi connectivity index (χ0v) is 15.3. The Morgan fingerprint density at radius 1 is 1.07 bits per heavy atom. The molecule has 1 heterocycles. The van der Waals surface area contributed by atoms with Crippen LogP contribution in [-0.4, -0.2) is 31.1 Å². The molecule has 0 aliphatic carbocycles. The molecule has 2 aromatic carbocycles. The second-order valence-electron chi connectivity index (χ2n) is 5.54. The molecule has 0 saturated carbocycles. The van der Waals surface area contributed by atoms with E-state index in [1.54, 1.807) is 18.2 Å². The molecule has 0 aromatic heterocycles. The van der Waals surface area contributed by atoms with Crippen LogP contribution >= 0.6 is 12.2 Å². The third-order valence-corrected chi connectivity index (χ3v) is 4.21. The summed E-state index contributed by atoms with van der Waals surface area (Å²) in [5.74, 6) is -0.703. The molecule has 0 unspecified atom stereocenters. The topological polar surface area (TPSA) is 67.9 Å². The number of rotatable bonds is 4. The summed E-state index contributed by atoms with van der Waals surface area (Å²) in [7, 11) is 2.98. The first-order valence-electron chi connectivity index (χ1n) is 7.83. The van der Waals surface area contributed by atoms with Crippen molar-refractivity contribution in [3.8, 4) is 11.5 Å². The lowest BCUT2D eigenvalue weighted by molar-refractivity contribution is -0.122. The number of methoxy groups -OCH3 is 2. The number of nitrogens with zero attached hydrogens (tertiary/aromatic N) is 1. The Morgan fingerprint density at radius 2 is 1.78 bits per heavy atom. The van der Waals surface area contributed by atoms with E-state index in [4.69, 9.17) is 21.7 Å². The number of amides is 2. The van der Waals surface area contributed by atoms with Gasteiger partial charge in [-0.05, 0) is 60.8 Å². The van der Waals surface area contributed by atoms with Crippen molar-refractivity contribution in [2.45, 2.75) is 0 Å². The van der Waals surface area contributed by atoms with Gasteiger partial charge in [0.15, 0.2) is 5.11 Å². The van der Waals surface area contributed by atoms with Gasteiger partial charge in [0.1, 0.15) is 22.9 Å². The van der Waals surface area contributed by atoms with E-state index in [9.17, 15) is 14.0 Å². The predicted octanol–water partition coefficient (Wildman–Crippen LogP) is 2.67. The quantitative estimate of drug-likeness (QED) is 0.497. The van der Waals surface area contributed by atoms with E-state index in [-0.39, 0.29) is 10.7 Å². The van der Waals surface area contributed by atoms with Gasteiger partial charge in [-0.15, -0.1) is 0 Å². The molecule has 0 spiro atoms. The van der Waals surface area contributed by atoms with Gasteiger partial charge in [0.2, 0.25) is 0 Å². The molecule has 1 aliphatic heterocycles. The number of carbonyl (C=O) groups excluding carboxylic acids is 2. The maximum Gasteiger partial charge on any atom is 0.270 e. The van der Waals surface area contributed by atoms with Gasteiger partial charge in [-0.25, -0.2) is 4.39 Å². The number of anilines is 1. The van der Waals surface area contributed by atoms with E-state index in [2.05, 4.69) is 5.32 Å². The van der Waals surface area contributed by atoms with Crippen LogP contribution in [0.4, 0.5) is 10.1 Å². The molecule has 0 atom stereocenters. The number of carbonyl (C=O) groups is 2. The van der Waals surface area contributed by atoms with Gasteiger partial charge >= 0.3 is 0 Å². The van der Waals surface area contributed by atoms with Crippen molar-refractivity contribution in [1.82, 2.24) is 5.32 Å². The van der Waals surface area contributed by atoms with Gasteiger partial charge < -0.3 is 9.47 Å². The molecule has 27 heavy (non-hydrogen) atoms. The lowest BCUT2D eigenvalue weighted by Crippen LogP contribution is -2.54. The van der Waals surface area contributed by atoms with Crippen LogP contribution < -0.4 is 19.7 Å². The minimum atomic E-state index is -0.631. The first-order chi connectivity index (χ1) is 12.9. The molecule has 3 rings (SSSR count). The van der Waals surface area contributed by atoms with Crippen molar-refractivity contribution in [3.63, 3.8) is 0 Å². The normalized spacial score (nSPS) is 15.7. The monoisotopic (exact) mass is 386 g/mol. The highest BCUT2D eigenvalue weighted by Gasteiger charge is 2.34. The molecule has 8 heteroatoms. The van der Waals surface area contributed by atoms with Crippen molar-refractivity contribution in [1.29, 1.82) is 0 Å². The molecule has 138 valence electrons. The van der Waals surface area contributed by atoms with Crippen molar-refractivity contribution in [2.24, 2.45) is 0 Å². The fourth-order valence-corrected chi connectivity index (χ4v) is 2.87. The van der Waals surface area contributed by atoms with Crippen LogP contribution in [0.1, 0.15) is 5.56 Å². The Bertz CT molecular complexity index is 957. The Hall–Kier alpha value is -3.26. The van der Waals surface area contributed by atoms with Crippen molar-refractivity contribution in [2.75, 3.05) is 19.1 Å². The fourth-order valence-electron chi connectivity index (χ4n) is 2.59. The van der Waals surface area contributed by atoms with Crippen molar-refractivity contribution < 1.29 is 23.5 Å². The van der Waals surface area contributed by atoms with E-state index in [1.165, 1.54) is 44.6 Å². The molecule has 1 aliphatic rings. The molecule has 1 saturated heterocycles. The fraction of sp³-hybridized carbons (Fsp3) is 0.105. The standard InChI is InChI=1S/C19H15FN2O4S/c1-25-14-7-8-16(26-2)11(9-14)10-15-17(23)21-19(27)22(18(15)24)13-5-3-12(20)4-6-13/h3-10H,1-2H3,(H,21,23,27)/b15-10-. The van der Waals surface area contributed by atoms with Gasteiger partial charge in [0.25, 0.3) is 11.8 Å². The van der Waals surface area contributed by atoms with Gasteiger partial charge in [-0.1, -0.05) is 0 Å². The molecule has 2 aromatic rings. The van der Waals surface area contributed by atoms with Crippen LogP contribution in [0.25, 0.3) is 6.08 Å². The molecule has 6 nitrogen and oxygen atoms in total. The number of hydrogen-bond acceptors (Lipinski definition) is 5. The van der Waals surface area contributed by atoms with Crippen LogP contribution in [0.5, 0.6) is 11.5 Å². The highest BCUT2D eigenvalue weighted by molar-refractivity contribution is 7.80. The third kappa shape index (κ3) is 3.65. The van der Waals surface area contributed by atoms with E-state index in [0.29, 0.717) is 22.7 Å². The first kappa shape index (κ1) is 18.5. The summed E-state index contributed by atoms with van der Waals surface area (Å²) in [4.78, 5) is 26.4. The smallest absolute Gasteiger partial charge is 0.270 e. The molecule has 2 amide bonds. The third-order valence-electron chi connectivity index (χ3n) is 3.92. The summed E-state index contributed by atoms with van der Waals surface area (Å²) in [6.45, 7) is 0. The minimum absolute atomic E-state index is 0.0774. The molecule has 0 radical (unpaired) electrons. The number of halogens is 1. The summed E-state index contributed by atoms with van der Waals surface area (Å²) in [6.07, 6.45) is 1.40. The van der Waals surface area contributed by atoms with Crippen LogP contribution in [0.3, 0.4) is 0 Å². The van der Waals surface area contributed by atoms with E-state index in [0.717, 1.165) is 4.90 Å². The highest BCUT2D eigenvalue weighted by atomic mass is 32.1. The number of benzene rings is 2. The van der Waals surface area contributed by atoms with Crippen LogP contribution in [0, 0.1) is 5.82 Å². The Morgan fingerprint density at radius 3 is 2.41 bits per heavy atom. The van der Waals surface area contributed by atoms with Crippen molar-refractivity contribution in [3.05, 3.63) is 59.4 Å². The lowest BCUT2D eigenvalue weighted by atomic mass is 10.1. The van der Waals surface area contributed by atoms with E-state index < -0.39 is 17.6 Å². The molecule has 1 fully saturated rings. The Balaban J connectivity index is 2.05. The number of ether oxygens (including phenoxy) is 2.